The van der Waals surface area contributed by atoms with Gasteiger partial charge in [0.25, 0.3) is 0 Å². The highest BCUT2D eigenvalue weighted by Gasteiger charge is 2.38. The van der Waals surface area contributed by atoms with Crippen molar-refractivity contribution in [2.45, 2.75) is 25.2 Å². The minimum absolute atomic E-state index is 0.131. The fourth-order valence-corrected chi connectivity index (χ4v) is 2.27. The van der Waals surface area contributed by atoms with E-state index in [2.05, 4.69) is 15.3 Å². The Balaban J connectivity index is 0.000000675. The zero-order valence-electron chi connectivity index (χ0n) is 16.5. The van der Waals surface area contributed by atoms with E-state index >= 15 is 0 Å². The zero-order valence-corrected chi connectivity index (χ0v) is 16.5. The summed E-state index contributed by atoms with van der Waals surface area (Å²) < 4.78 is 70.3. The smallest absolute Gasteiger partial charge is 0.480 e. The monoisotopic (exact) mass is 478 g/mol. The molecule has 1 aromatic heterocycles. The van der Waals surface area contributed by atoms with Crippen molar-refractivity contribution in [1.82, 2.24) is 15.3 Å². The van der Waals surface area contributed by atoms with Crippen molar-refractivity contribution in [2.75, 3.05) is 13.1 Å². The van der Waals surface area contributed by atoms with E-state index in [0.717, 1.165) is 12.1 Å². The molecule has 0 unspecified atom stereocenters. The summed E-state index contributed by atoms with van der Waals surface area (Å²) in [6.07, 6.45) is -8.58. The summed E-state index contributed by atoms with van der Waals surface area (Å²) in [6, 6.07) is 8.04. The normalized spacial score (nSPS) is 11.2. The molecule has 14 heteroatoms. The molecule has 178 valence electrons. The van der Waals surface area contributed by atoms with E-state index in [4.69, 9.17) is 20.3 Å². The Hall–Kier alpha value is -3.73. The Morgan fingerprint density at radius 1 is 1.06 bits per heavy atom. The molecule has 0 aliphatic heterocycles. The van der Waals surface area contributed by atoms with Crippen molar-refractivity contribution in [3.8, 4) is 17.3 Å². The van der Waals surface area contributed by atoms with Gasteiger partial charge in [-0.15, -0.1) is 0 Å². The summed E-state index contributed by atoms with van der Waals surface area (Å²) in [5.74, 6) is -3.86. The average Bonchev–Trinajstić information content (AvgIpc) is 2.72. The highest BCUT2D eigenvalue weighted by Crippen LogP contribution is 2.31. The Morgan fingerprint density at radius 3 is 2.21 bits per heavy atom. The summed E-state index contributed by atoms with van der Waals surface area (Å²) in [5.41, 5.74) is 0.174. The van der Waals surface area contributed by atoms with Crippen LogP contribution >= 0.6 is 0 Å². The van der Waals surface area contributed by atoms with Crippen LogP contribution in [0.4, 0.5) is 26.3 Å². The number of nitrogens with one attached hydrogen (secondary N) is 1. The van der Waals surface area contributed by atoms with Gasteiger partial charge in [0.2, 0.25) is 5.82 Å². The molecule has 0 saturated heterocycles. The second-order valence-corrected chi connectivity index (χ2v) is 6.24. The van der Waals surface area contributed by atoms with Crippen LogP contribution in [0.3, 0.4) is 0 Å². The van der Waals surface area contributed by atoms with Gasteiger partial charge in [0.15, 0.2) is 0 Å². The summed E-state index contributed by atoms with van der Waals surface area (Å²) in [6.45, 7) is 0.264. The van der Waals surface area contributed by atoms with E-state index < -0.39 is 29.9 Å². The first-order valence-corrected chi connectivity index (χ1v) is 8.92. The summed E-state index contributed by atoms with van der Waals surface area (Å²) in [5, 5.41) is 27.4. The molecule has 0 fully saturated rings. The third-order valence-corrected chi connectivity index (χ3v) is 3.67. The van der Waals surface area contributed by atoms with Crippen molar-refractivity contribution in [3.63, 3.8) is 0 Å². The molecule has 2 rings (SSSR count). The van der Waals surface area contributed by atoms with Crippen molar-refractivity contribution in [1.29, 1.82) is 5.26 Å². The standard InChI is InChI=1S/C17H15F3N4O2.C2HF3O2/c18-17(19,20)12-4-1-3-11(7-12)14-8-13(23-15(9-21)24-14)5-2-6-22-10-16(25)26;3-2(4,5)1(6)7/h1,3-4,7-8,22H,2,5-6,10H2,(H,25,26);(H,6,7). The Labute approximate surface area is 182 Å². The van der Waals surface area contributed by atoms with Gasteiger partial charge >= 0.3 is 24.3 Å². The highest BCUT2D eigenvalue weighted by atomic mass is 19.4. The maximum absolute atomic E-state index is 12.9. The van der Waals surface area contributed by atoms with Gasteiger partial charge in [-0.05, 0) is 37.6 Å². The van der Waals surface area contributed by atoms with Gasteiger partial charge in [-0.25, -0.2) is 14.8 Å². The molecule has 33 heavy (non-hydrogen) atoms. The SMILES string of the molecule is N#Cc1nc(CCCNCC(=O)O)cc(-c2cccc(C(F)(F)F)c2)n1.O=C(O)C(F)(F)F. The molecule has 0 radical (unpaired) electrons. The fraction of sp³-hybridized carbons (Fsp3) is 0.316. The van der Waals surface area contributed by atoms with E-state index in [1.54, 1.807) is 6.07 Å². The number of carboxylic acids is 2. The first-order chi connectivity index (χ1) is 15.2. The molecule has 8 nitrogen and oxygen atoms in total. The molecule has 0 spiro atoms. The van der Waals surface area contributed by atoms with E-state index in [1.807, 2.05) is 0 Å². The van der Waals surface area contributed by atoms with Gasteiger partial charge in [-0.2, -0.15) is 31.6 Å². The van der Waals surface area contributed by atoms with Gasteiger partial charge in [0, 0.05) is 11.3 Å². The van der Waals surface area contributed by atoms with Gasteiger partial charge in [-0.3, -0.25) is 4.79 Å². The third-order valence-electron chi connectivity index (χ3n) is 3.67. The fourth-order valence-electron chi connectivity index (χ4n) is 2.27. The molecule has 1 aromatic carbocycles. The van der Waals surface area contributed by atoms with Crippen molar-refractivity contribution in [3.05, 3.63) is 47.4 Å². The summed E-state index contributed by atoms with van der Waals surface area (Å²) >= 11 is 0. The molecule has 0 bridgehead atoms. The quantitative estimate of drug-likeness (QED) is 0.408. The minimum atomic E-state index is -5.08. The highest BCUT2D eigenvalue weighted by molar-refractivity contribution is 5.73. The number of aliphatic carboxylic acids is 2. The first-order valence-electron chi connectivity index (χ1n) is 8.92. The topological polar surface area (TPSA) is 136 Å². The van der Waals surface area contributed by atoms with Crippen LogP contribution in [0, 0.1) is 11.3 Å². The van der Waals surface area contributed by atoms with Gasteiger partial charge in [-0.1, -0.05) is 12.1 Å². The van der Waals surface area contributed by atoms with E-state index in [0.29, 0.717) is 25.1 Å². The lowest BCUT2D eigenvalue weighted by Crippen LogP contribution is -2.23. The number of aromatic nitrogens is 2. The lowest BCUT2D eigenvalue weighted by Gasteiger charge is -2.09. The molecule has 1 heterocycles. The number of benzene rings is 1. The van der Waals surface area contributed by atoms with Crippen LogP contribution < -0.4 is 5.32 Å². The number of nitrogens with zero attached hydrogens (tertiary/aromatic N) is 3. The molecule has 3 N–H and O–H groups in total. The van der Waals surface area contributed by atoms with E-state index in [1.165, 1.54) is 18.2 Å². The molecular weight excluding hydrogens is 462 g/mol. The Bertz CT molecular complexity index is 1020. The van der Waals surface area contributed by atoms with Gasteiger partial charge < -0.3 is 15.5 Å². The molecule has 0 atom stereocenters. The van der Waals surface area contributed by atoms with Crippen molar-refractivity contribution < 1.29 is 46.1 Å². The number of halogens is 6. The van der Waals surface area contributed by atoms with Crippen molar-refractivity contribution in [2.24, 2.45) is 0 Å². The maximum Gasteiger partial charge on any atom is 0.490 e. The predicted molar refractivity (Wildman–Crippen MR) is 99.7 cm³/mol. The van der Waals surface area contributed by atoms with E-state index in [9.17, 15) is 31.1 Å². The predicted octanol–water partition coefficient (Wildman–Crippen LogP) is 3.27. The van der Waals surface area contributed by atoms with Crippen LogP contribution in [0.25, 0.3) is 11.3 Å². The number of hydrogen-bond acceptors (Lipinski definition) is 6. The number of aryl methyl sites for hydroxylation is 1. The van der Waals surface area contributed by atoms with Gasteiger partial charge in [0.05, 0.1) is 17.8 Å². The van der Waals surface area contributed by atoms with Crippen LogP contribution in [0.5, 0.6) is 0 Å². The van der Waals surface area contributed by atoms with Crippen LogP contribution in [-0.2, 0) is 22.2 Å². The van der Waals surface area contributed by atoms with Gasteiger partial charge in [0.1, 0.15) is 6.07 Å². The molecule has 2 aromatic rings. The van der Waals surface area contributed by atoms with Crippen molar-refractivity contribution >= 4 is 11.9 Å². The largest absolute Gasteiger partial charge is 0.490 e. The number of carboxylic acid groups (broad SMARTS) is 2. The molecule has 0 aliphatic carbocycles. The maximum atomic E-state index is 12.9. The number of hydrogen-bond donors (Lipinski definition) is 3. The molecule has 0 aliphatic rings. The zero-order chi connectivity index (χ0) is 25.2. The summed E-state index contributed by atoms with van der Waals surface area (Å²) in [7, 11) is 0. The molecular formula is C19H16F6N4O4. The number of carbonyl (C=O) groups is 2. The average molecular weight is 478 g/mol. The number of alkyl halides is 6. The minimum Gasteiger partial charge on any atom is -0.480 e. The van der Waals surface area contributed by atoms with Crippen LogP contribution in [0.15, 0.2) is 30.3 Å². The van der Waals surface area contributed by atoms with E-state index in [-0.39, 0.29) is 23.6 Å². The number of rotatable bonds is 7. The van der Waals surface area contributed by atoms with Crippen LogP contribution in [-0.4, -0.2) is 51.4 Å². The summed E-state index contributed by atoms with van der Waals surface area (Å²) in [4.78, 5) is 27.3. The first kappa shape index (κ1) is 27.3. The lowest BCUT2D eigenvalue weighted by molar-refractivity contribution is -0.192. The van der Waals surface area contributed by atoms with Crippen LogP contribution in [0.2, 0.25) is 0 Å². The second-order valence-electron chi connectivity index (χ2n) is 6.24. The third kappa shape index (κ3) is 9.95. The second kappa shape index (κ2) is 11.8. The Kier molecular flexibility index (Phi) is 9.74. The number of nitriles is 1. The Morgan fingerprint density at radius 2 is 1.70 bits per heavy atom. The molecule has 0 amide bonds. The van der Waals surface area contributed by atoms with Crippen LogP contribution in [0.1, 0.15) is 23.5 Å². The lowest BCUT2D eigenvalue weighted by atomic mass is 10.1. The molecule has 0 saturated carbocycles.